The lowest BCUT2D eigenvalue weighted by Crippen LogP contribution is -2.71. The second-order valence-electron chi connectivity index (χ2n) is 6.47. The number of rotatable bonds is 6. The van der Waals surface area contributed by atoms with Crippen LogP contribution in [0.1, 0.15) is 19.8 Å². The summed E-state index contributed by atoms with van der Waals surface area (Å²) in [6.45, 7) is 4.08. The van der Waals surface area contributed by atoms with Crippen molar-refractivity contribution in [1.29, 1.82) is 0 Å². The van der Waals surface area contributed by atoms with Crippen molar-refractivity contribution in [2.75, 3.05) is 0 Å². The van der Waals surface area contributed by atoms with Gasteiger partial charge in [0.15, 0.2) is 0 Å². The Hall–Kier alpha value is -1.17. The minimum absolute atomic E-state index is 0.263. The molecule has 0 N–H and O–H groups in total. The summed E-state index contributed by atoms with van der Waals surface area (Å²) in [6, 6.07) is 0. The molecule has 1 aliphatic carbocycles. The normalized spacial score (nSPS) is 26.4. The summed E-state index contributed by atoms with van der Waals surface area (Å²) < 4.78 is 170. The van der Waals surface area contributed by atoms with Gasteiger partial charge in [0.2, 0.25) is 0 Å². The van der Waals surface area contributed by atoms with Gasteiger partial charge in [0.05, 0.1) is 0 Å². The highest BCUT2D eigenvalue weighted by Crippen LogP contribution is 2.63. The molecule has 0 saturated heterocycles. The van der Waals surface area contributed by atoms with Crippen molar-refractivity contribution in [3.8, 4) is 0 Å². The van der Waals surface area contributed by atoms with Gasteiger partial charge in [0, 0.05) is 5.92 Å². The number of hydrogen-bond donors (Lipinski definition) is 0. The molecule has 0 aromatic heterocycles. The molecule has 0 radical (unpaired) electrons. The molecular weight excluding hydrogens is 415 g/mol. The van der Waals surface area contributed by atoms with Gasteiger partial charge in [0.1, 0.15) is 0 Å². The van der Waals surface area contributed by atoms with E-state index in [0.717, 1.165) is 13.0 Å². The Morgan fingerprint density at radius 1 is 0.667 bits per heavy atom. The topological polar surface area (TPSA) is 0 Å². The molecule has 0 aromatic carbocycles. The van der Waals surface area contributed by atoms with Crippen LogP contribution in [0.5, 0.6) is 0 Å². The first-order chi connectivity index (χ1) is 11.7. The summed E-state index contributed by atoms with van der Waals surface area (Å²) >= 11 is 0. The standard InChI is InChI=1S/C14H13F13/c1-3-7-4-6(2)8(5-7)9(15,16)10(17,18)11(19,20)12(21,22)13(23,24)14(25,26)27/h3,6-8H,1,4-5H2,2H3. The van der Waals surface area contributed by atoms with Gasteiger partial charge in [-0.05, 0) is 24.7 Å². The second kappa shape index (κ2) is 6.43. The lowest BCUT2D eigenvalue weighted by Gasteiger charge is -2.42. The van der Waals surface area contributed by atoms with Gasteiger partial charge in [-0.25, -0.2) is 0 Å². The molecule has 0 nitrogen and oxygen atoms in total. The molecule has 1 saturated carbocycles. The van der Waals surface area contributed by atoms with E-state index in [0.29, 0.717) is 0 Å². The highest BCUT2D eigenvalue weighted by molar-refractivity contribution is 5.12. The summed E-state index contributed by atoms with van der Waals surface area (Å²) in [5.41, 5.74) is 0. The summed E-state index contributed by atoms with van der Waals surface area (Å²) in [5.74, 6) is -41.4. The maximum Gasteiger partial charge on any atom is 0.460 e. The van der Waals surface area contributed by atoms with E-state index in [1.807, 2.05) is 0 Å². The summed E-state index contributed by atoms with van der Waals surface area (Å²) in [6.07, 6.45) is -7.54. The van der Waals surface area contributed by atoms with Crippen LogP contribution in [0.25, 0.3) is 0 Å². The van der Waals surface area contributed by atoms with Gasteiger partial charge < -0.3 is 0 Å². The third-order valence-electron chi connectivity index (χ3n) is 4.67. The van der Waals surface area contributed by atoms with E-state index < -0.39 is 60.0 Å². The van der Waals surface area contributed by atoms with Crippen LogP contribution in [-0.2, 0) is 0 Å². The molecule has 3 unspecified atom stereocenters. The Bertz CT molecular complexity index is 560. The van der Waals surface area contributed by atoms with Crippen LogP contribution < -0.4 is 0 Å². The molecule has 0 bridgehead atoms. The Labute approximate surface area is 144 Å². The predicted molar refractivity (Wildman–Crippen MR) is 66.4 cm³/mol. The molecule has 1 fully saturated rings. The van der Waals surface area contributed by atoms with Gasteiger partial charge in [0.25, 0.3) is 0 Å². The fourth-order valence-electron chi connectivity index (χ4n) is 3.01. The number of halogens is 13. The Kier molecular flexibility index (Phi) is 5.68. The SMILES string of the molecule is C=CC1CC(C)C(C(F)(F)C(F)(F)C(F)(F)C(F)(F)C(F)(F)C(F)(F)F)C1. The molecule has 0 heterocycles. The van der Waals surface area contributed by atoms with E-state index in [9.17, 15) is 57.1 Å². The molecule has 0 aromatic rings. The third kappa shape index (κ3) is 3.18. The van der Waals surface area contributed by atoms with Crippen LogP contribution in [0.15, 0.2) is 12.7 Å². The third-order valence-corrected chi connectivity index (χ3v) is 4.67. The predicted octanol–water partition coefficient (Wildman–Crippen LogP) is 6.57. The average Bonchev–Trinajstić information content (AvgIpc) is 2.87. The smallest absolute Gasteiger partial charge is 0.199 e. The van der Waals surface area contributed by atoms with Crippen molar-refractivity contribution in [2.45, 2.75) is 55.6 Å². The van der Waals surface area contributed by atoms with Crippen molar-refractivity contribution >= 4 is 0 Å². The first-order valence-electron chi connectivity index (χ1n) is 7.28. The molecule has 3 atom stereocenters. The van der Waals surface area contributed by atoms with Crippen LogP contribution in [0.3, 0.4) is 0 Å². The molecule has 1 aliphatic rings. The van der Waals surface area contributed by atoms with Crippen molar-refractivity contribution in [1.82, 2.24) is 0 Å². The second-order valence-corrected chi connectivity index (χ2v) is 6.47. The lowest BCUT2D eigenvalue weighted by molar-refractivity contribution is -0.443. The quantitative estimate of drug-likeness (QED) is 0.332. The van der Waals surface area contributed by atoms with Gasteiger partial charge in [-0.1, -0.05) is 13.0 Å². The van der Waals surface area contributed by atoms with Crippen LogP contribution >= 0.6 is 0 Å². The van der Waals surface area contributed by atoms with E-state index in [4.69, 9.17) is 0 Å². The van der Waals surface area contributed by atoms with Crippen LogP contribution in [0.2, 0.25) is 0 Å². The van der Waals surface area contributed by atoms with E-state index >= 15 is 0 Å². The Morgan fingerprint density at radius 3 is 1.41 bits per heavy atom. The van der Waals surface area contributed by atoms with Gasteiger partial charge in [-0.3, -0.25) is 0 Å². The zero-order valence-corrected chi connectivity index (χ0v) is 13.3. The minimum atomic E-state index is -7.84. The van der Waals surface area contributed by atoms with E-state index in [2.05, 4.69) is 6.58 Å². The molecule has 13 heteroatoms. The van der Waals surface area contributed by atoms with Gasteiger partial charge in [-0.2, -0.15) is 57.1 Å². The lowest BCUT2D eigenvalue weighted by atomic mass is 9.83. The van der Waals surface area contributed by atoms with E-state index in [1.54, 1.807) is 0 Å². The number of alkyl halides is 13. The van der Waals surface area contributed by atoms with E-state index in [1.165, 1.54) is 0 Å². The van der Waals surface area contributed by atoms with Crippen LogP contribution in [0.4, 0.5) is 57.1 Å². The largest absolute Gasteiger partial charge is 0.460 e. The Morgan fingerprint density at radius 2 is 1.07 bits per heavy atom. The maximum atomic E-state index is 14.1. The molecular formula is C14H13F13. The van der Waals surface area contributed by atoms with Gasteiger partial charge >= 0.3 is 35.8 Å². The van der Waals surface area contributed by atoms with Crippen molar-refractivity contribution < 1.29 is 57.1 Å². The Balaban J connectivity index is 3.44. The zero-order chi connectivity index (χ0) is 21.9. The summed E-state index contributed by atoms with van der Waals surface area (Å²) in [7, 11) is 0. The molecule has 0 spiro atoms. The molecule has 1 rings (SSSR count). The van der Waals surface area contributed by atoms with Crippen molar-refractivity contribution in [2.24, 2.45) is 17.8 Å². The summed E-state index contributed by atoms with van der Waals surface area (Å²) in [4.78, 5) is 0. The average molecular weight is 428 g/mol. The van der Waals surface area contributed by atoms with Crippen molar-refractivity contribution in [3.05, 3.63) is 12.7 Å². The highest BCUT2D eigenvalue weighted by atomic mass is 19.4. The van der Waals surface area contributed by atoms with Crippen molar-refractivity contribution in [3.63, 3.8) is 0 Å². The first-order valence-corrected chi connectivity index (χ1v) is 7.28. The fraction of sp³-hybridized carbons (Fsp3) is 0.857. The van der Waals surface area contributed by atoms with Gasteiger partial charge in [-0.15, -0.1) is 6.58 Å². The summed E-state index contributed by atoms with van der Waals surface area (Å²) in [5, 5.41) is 0. The first kappa shape index (κ1) is 23.9. The van der Waals surface area contributed by atoms with Crippen LogP contribution in [-0.4, -0.2) is 35.8 Å². The number of hydrogen-bond acceptors (Lipinski definition) is 0. The van der Waals surface area contributed by atoms with Crippen LogP contribution in [0, 0.1) is 17.8 Å². The minimum Gasteiger partial charge on any atom is -0.199 e. The zero-order valence-electron chi connectivity index (χ0n) is 13.3. The molecule has 0 amide bonds. The number of allylic oxidation sites excluding steroid dienone is 1. The highest BCUT2D eigenvalue weighted by Gasteiger charge is 2.91. The molecule has 0 aliphatic heterocycles. The monoisotopic (exact) mass is 428 g/mol. The van der Waals surface area contributed by atoms with E-state index in [-0.39, 0.29) is 6.42 Å². The molecule has 160 valence electrons. The fourth-order valence-corrected chi connectivity index (χ4v) is 3.01. The molecule has 27 heavy (non-hydrogen) atoms. The maximum absolute atomic E-state index is 14.1.